The Morgan fingerprint density at radius 2 is 2.24 bits per heavy atom. The maximum atomic E-state index is 11.8. The zero-order chi connectivity index (χ0) is 12.4. The van der Waals surface area contributed by atoms with E-state index in [-0.39, 0.29) is 5.91 Å². The molecule has 17 heavy (non-hydrogen) atoms. The van der Waals surface area contributed by atoms with Gasteiger partial charge in [-0.1, -0.05) is 6.07 Å². The molecule has 0 saturated heterocycles. The zero-order valence-electron chi connectivity index (χ0n) is 9.44. The summed E-state index contributed by atoms with van der Waals surface area (Å²) in [5, 5.41) is 10.5. The summed E-state index contributed by atoms with van der Waals surface area (Å²) in [5.74, 6) is -0.275. The maximum Gasteiger partial charge on any atom is 0.277 e. The number of nitrogens with zero attached hydrogens (tertiary/aromatic N) is 3. The van der Waals surface area contributed by atoms with Crippen LogP contribution in [-0.2, 0) is 7.05 Å². The molecule has 1 amide bonds. The van der Waals surface area contributed by atoms with Crippen molar-refractivity contribution in [3.63, 3.8) is 0 Å². The summed E-state index contributed by atoms with van der Waals surface area (Å²) in [5.41, 5.74) is 2.13. The van der Waals surface area contributed by atoms with Gasteiger partial charge < -0.3 is 5.32 Å². The van der Waals surface area contributed by atoms with E-state index >= 15 is 0 Å². The third-order valence-corrected chi connectivity index (χ3v) is 2.86. The number of rotatable bonds is 2. The second-order valence-corrected chi connectivity index (χ2v) is 4.51. The maximum absolute atomic E-state index is 11.8. The van der Waals surface area contributed by atoms with E-state index in [1.54, 1.807) is 7.05 Å². The van der Waals surface area contributed by atoms with Crippen LogP contribution in [0.25, 0.3) is 0 Å². The summed E-state index contributed by atoms with van der Waals surface area (Å²) >= 11 is 3.40. The number of aryl methyl sites for hydroxylation is 2. The zero-order valence-corrected chi connectivity index (χ0v) is 11.0. The number of anilines is 1. The van der Waals surface area contributed by atoms with Gasteiger partial charge in [0, 0.05) is 11.5 Å². The van der Waals surface area contributed by atoms with E-state index in [1.807, 2.05) is 25.1 Å². The highest BCUT2D eigenvalue weighted by Gasteiger charge is 2.11. The SMILES string of the molecule is Cc1ccc(NC(=O)c2cnn(C)n2)c(Br)c1. The lowest BCUT2D eigenvalue weighted by atomic mass is 10.2. The molecule has 6 heteroatoms. The van der Waals surface area contributed by atoms with Crippen molar-refractivity contribution in [1.82, 2.24) is 15.0 Å². The lowest BCUT2D eigenvalue weighted by Crippen LogP contribution is -2.13. The van der Waals surface area contributed by atoms with Crippen molar-refractivity contribution < 1.29 is 4.79 Å². The van der Waals surface area contributed by atoms with Gasteiger partial charge in [-0.05, 0) is 40.5 Å². The molecule has 0 radical (unpaired) electrons. The predicted molar refractivity (Wildman–Crippen MR) is 67.8 cm³/mol. The minimum Gasteiger partial charge on any atom is -0.319 e. The summed E-state index contributed by atoms with van der Waals surface area (Å²) < 4.78 is 0.842. The molecule has 0 fully saturated rings. The van der Waals surface area contributed by atoms with Gasteiger partial charge in [-0.25, -0.2) is 0 Å². The highest BCUT2D eigenvalue weighted by molar-refractivity contribution is 9.10. The number of hydrogen-bond acceptors (Lipinski definition) is 3. The summed E-state index contributed by atoms with van der Waals surface area (Å²) in [7, 11) is 1.67. The number of amides is 1. The molecular formula is C11H11BrN4O. The number of carbonyl (C=O) groups is 1. The Labute approximate surface area is 107 Å². The van der Waals surface area contributed by atoms with E-state index in [0.717, 1.165) is 10.0 Å². The average Bonchev–Trinajstić information content (AvgIpc) is 2.69. The summed E-state index contributed by atoms with van der Waals surface area (Å²) in [4.78, 5) is 13.2. The monoisotopic (exact) mass is 294 g/mol. The number of aromatic nitrogens is 3. The van der Waals surface area contributed by atoms with Crippen LogP contribution in [0.5, 0.6) is 0 Å². The second-order valence-electron chi connectivity index (χ2n) is 3.66. The van der Waals surface area contributed by atoms with Crippen LogP contribution in [0.15, 0.2) is 28.9 Å². The Bertz CT molecular complexity index is 564. The molecule has 5 nitrogen and oxygen atoms in total. The first kappa shape index (κ1) is 11.8. The number of hydrogen-bond donors (Lipinski definition) is 1. The molecule has 0 aliphatic carbocycles. The first-order valence-corrected chi connectivity index (χ1v) is 5.79. The van der Waals surface area contributed by atoms with Crippen molar-refractivity contribution in [2.45, 2.75) is 6.92 Å². The number of carbonyl (C=O) groups excluding carboxylic acids is 1. The Kier molecular flexibility index (Phi) is 3.23. The van der Waals surface area contributed by atoms with Crippen LogP contribution in [0.4, 0.5) is 5.69 Å². The van der Waals surface area contributed by atoms with E-state index < -0.39 is 0 Å². The van der Waals surface area contributed by atoms with E-state index in [2.05, 4.69) is 31.4 Å². The van der Waals surface area contributed by atoms with Crippen molar-refractivity contribution in [2.24, 2.45) is 7.05 Å². The van der Waals surface area contributed by atoms with Gasteiger partial charge in [0.2, 0.25) is 0 Å². The van der Waals surface area contributed by atoms with Gasteiger partial charge in [0.25, 0.3) is 5.91 Å². The van der Waals surface area contributed by atoms with Crippen LogP contribution < -0.4 is 5.32 Å². The van der Waals surface area contributed by atoms with Crippen LogP contribution in [0, 0.1) is 6.92 Å². The van der Waals surface area contributed by atoms with Crippen molar-refractivity contribution in [3.05, 3.63) is 40.1 Å². The van der Waals surface area contributed by atoms with Gasteiger partial charge >= 0.3 is 0 Å². The topological polar surface area (TPSA) is 59.8 Å². The summed E-state index contributed by atoms with van der Waals surface area (Å²) in [6, 6.07) is 5.71. The standard InChI is InChI=1S/C11H11BrN4O/c1-7-3-4-9(8(12)5-7)14-11(17)10-6-13-16(2)15-10/h3-6H,1-2H3,(H,14,17). The quantitative estimate of drug-likeness (QED) is 0.923. The largest absolute Gasteiger partial charge is 0.319 e. The Balaban J connectivity index is 2.18. The molecule has 1 aromatic carbocycles. The Morgan fingerprint density at radius 1 is 1.47 bits per heavy atom. The fourth-order valence-corrected chi connectivity index (χ4v) is 1.95. The fourth-order valence-electron chi connectivity index (χ4n) is 1.36. The molecule has 1 heterocycles. The molecule has 0 aliphatic rings. The number of benzene rings is 1. The van der Waals surface area contributed by atoms with E-state index in [9.17, 15) is 4.79 Å². The normalized spacial score (nSPS) is 10.3. The first-order valence-electron chi connectivity index (χ1n) is 5.00. The second kappa shape index (κ2) is 4.67. The van der Waals surface area contributed by atoms with Gasteiger partial charge in [0.15, 0.2) is 5.69 Å². The highest BCUT2D eigenvalue weighted by atomic mass is 79.9. The lowest BCUT2D eigenvalue weighted by Gasteiger charge is -2.06. The van der Waals surface area contributed by atoms with Crippen LogP contribution in [0.1, 0.15) is 16.1 Å². The van der Waals surface area contributed by atoms with Gasteiger partial charge in [0.05, 0.1) is 11.9 Å². The molecule has 2 aromatic rings. The lowest BCUT2D eigenvalue weighted by molar-refractivity contribution is 0.102. The minimum absolute atomic E-state index is 0.275. The van der Waals surface area contributed by atoms with Gasteiger partial charge in [0.1, 0.15) is 0 Å². The van der Waals surface area contributed by atoms with Gasteiger partial charge in [-0.3, -0.25) is 4.79 Å². The molecular weight excluding hydrogens is 284 g/mol. The molecule has 1 N–H and O–H groups in total. The van der Waals surface area contributed by atoms with Gasteiger partial charge in [-0.2, -0.15) is 9.90 Å². The Morgan fingerprint density at radius 3 is 2.82 bits per heavy atom. The molecule has 0 saturated carbocycles. The van der Waals surface area contributed by atoms with Crippen molar-refractivity contribution in [2.75, 3.05) is 5.32 Å². The predicted octanol–water partition coefficient (Wildman–Crippen LogP) is 2.14. The molecule has 0 bridgehead atoms. The molecule has 88 valence electrons. The van der Waals surface area contributed by atoms with Gasteiger partial charge in [-0.15, -0.1) is 5.10 Å². The Hall–Kier alpha value is -1.69. The minimum atomic E-state index is -0.275. The van der Waals surface area contributed by atoms with Crippen LogP contribution >= 0.6 is 15.9 Å². The van der Waals surface area contributed by atoms with Crippen LogP contribution in [-0.4, -0.2) is 20.9 Å². The number of nitrogens with one attached hydrogen (secondary N) is 1. The first-order chi connectivity index (χ1) is 8.06. The third kappa shape index (κ3) is 2.71. The third-order valence-electron chi connectivity index (χ3n) is 2.21. The van der Waals surface area contributed by atoms with Crippen LogP contribution in [0.2, 0.25) is 0 Å². The molecule has 2 rings (SSSR count). The molecule has 0 aliphatic heterocycles. The van der Waals surface area contributed by atoms with Crippen molar-refractivity contribution >= 4 is 27.5 Å². The highest BCUT2D eigenvalue weighted by Crippen LogP contribution is 2.23. The summed E-state index contributed by atoms with van der Waals surface area (Å²) in [6.45, 7) is 1.99. The van der Waals surface area contributed by atoms with E-state index in [4.69, 9.17) is 0 Å². The van der Waals surface area contributed by atoms with E-state index in [0.29, 0.717) is 11.4 Å². The number of halogens is 1. The molecule has 1 aromatic heterocycles. The molecule has 0 unspecified atom stereocenters. The van der Waals surface area contributed by atoms with E-state index in [1.165, 1.54) is 11.0 Å². The smallest absolute Gasteiger partial charge is 0.277 e. The summed E-state index contributed by atoms with van der Waals surface area (Å²) in [6.07, 6.45) is 1.43. The van der Waals surface area contributed by atoms with Crippen molar-refractivity contribution in [3.8, 4) is 0 Å². The average molecular weight is 295 g/mol. The fraction of sp³-hybridized carbons (Fsp3) is 0.182. The van der Waals surface area contributed by atoms with Crippen molar-refractivity contribution in [1.29, 1.82) is 0 Å². The molecule has 0 spiro atoms. The molecule has 0 atom stereocenters. The van der Waals surface area contributed by atoms with Crippen LogP contribution in [0.3, 0.4) is 0 Å².